The lowest BCUT2D eigenvalue weighted by atomic mass is 10.1. The van der Waals surface area contributed by atoms with Crippen molar-refractivity contribution in [3.8, 4) is 11.4 Å². The van der Waals surface area contributed by atoms with Crippen LogP contribution in [0.2, 0.25) is 0 Å². The Hall–Kier alpha value is -2.83. The molecule has 0 aliphatic heterocycles. The van der Waals surface area contributed by atoms with E-state index in [1.165, 1.54) is 4.90 Å². The van der Waals surface area contributed by atoms with E-state index in [0.717, 1.165) is 5.69 Å². The second-order valence-electron chi connectivity index (χ2n) is 6.75. The number of carbonyl (C=O) groups is 2. The van der Waals surface area contributed by atoms with E-state index in [1.807, 2.05) is 44.2 Å². The third kappa shape index (κ3) is 4.84. The van der Waals surface area contributed by atoms with Crippen LogP contribution in [-0.2, 0) is 4.79 Å². The highest BCUT2D eigenvalue weighted by molar-refractivity contribution is 5.95. The van der Waals surface area contributed by atoms with E-state index in [9.17, 15) is 9.59 Å². The van der Waals surface area contributed by atoms with Crippen LogP contribution < -0.4 is 4.74 Å². The molecule has 0 bridgehead atoms. The molecule has 0 saturated carbocycles. The van der Waals surface area contributed by atoms with Crippen molar-refractivity contribution in [1.29, 1.82) is 0 Å². The first-order valence-corrected chi connectivity index (χ1v) is 8.55. The van der Waals surface area contributed by atoms with Crippen LogP contribution >= 0.6 is 0 Å². The summed E-state index contributed by atoms with van der Waals surface area (Å²) in [5, 5.41) is 13.4. The summed E-state index contributed by atoms with van der Waals surface area (Å²) in [6, 6.07) is 9.42. The number of benzene rings is 1. The summed E-state index contributed by atoms with van der Waals surface area (Å²) >= 11 is 0. The zero-order valence-corrected chi connectivity index (χ0v) is 15.5. The molecule has 7 heteroatoms. The van der Waals surface area contributed by atoms with E-state index in [-0.39, 0.29) is 18.1 Å². The summed E-state index contributed by atoms with van der Waals surface area (Å²) in [6.07, 6.45) is 1.68. The third-order valence-electron chi connectivity index (χ3n) is 3.79. The van der Waals surface area contributed by atoms with Crippen LogP contribution in [0, 0.1) is 11.8 Å². The van der Waals surface area contributed by atoms with Crippen LogP contribution in [0.25, 0.3) is 5.69 Å². The highest BCUT2D eigenvalue weighted by atomic mass is 16.5. The zero-order chi connectivity index (χ0) is 19.3. The van der Waals surface area contributed by atoms with Crippen molar-refractivity contribution >= 4 is 11.9 Å². The summed E-state index contributed by atoms with van der Waals surface area (Å²) < 4.78 is 7.37. The summed E-state index contributed by atoms with van der Waals surface area (Å²) in [6.45, 7) is 6.14. The fraction of sp³-hybridized carbons (Fsp3) is 0.421. The number of amides is 1. The second kappa shape index (κ2) is 8.51. The number of para-hydroxylation sites is 1. The lowest BCUT2D eigenvalue weighted by molar-refractivity contribution is -0.141. The standard InChI is InChI=1S/C19H25N3O4/c1-13(2)12-26-16-11-22(15-8-6-5-7-9-15)20-17(16)18(23)21(4)10-14(3)19(24)25/h5-9,11,13-14H,10,12H2,1-4H3,(H,24,25). The maximum Gasteiger partial charge on any atom is 0.308 e. The molecule has 2 rings (SSSR count). The fourth-order valence-electron chi connectivity index (χ4n) is 2.33. The molecule has 1 heterocycles. The molecule has 1 aromatic heterocycles. The number of carboxylic acids is 1. The highest BCUT2D eigenvalue weighted by Crippen LogP contribution is 2.22. The molecule has 0 saturated heterocycles. The minimum absolute atomic E-state index is 0.0932. The van der Waals surface area contributed by atoms with Crippen molar-refractivity contribution in [2.75, 3.05) is 20.2 Å². The van der Waals surface area contributed by atoms with Gasteiger partial charge in [0.2, 0.25) is 0 Å². The second-order valence-corrected chi connectivity index (χ2v) is 6.75. The van der Waals surface area contributed by atoms with Crippen LogP contribution in [0.15, 0.2) is 36.5 Å². The van der Waals surface area contributed by atoms with Crippen LogP contribution in [0.1, 0.15) is 31.3 Å². The van der Waals surface area contributed by atoms with Crippen molar-refractivity contribution in [2.45, 2.75) is 20.8 Å². The molecule has 26 heavy (non-hydrogen) atoms. The Morgan fingerprint density at radius 1 is 1.23 bits per heavy atom. The van der Waals surface area contributed by atoms with Gasteiger partial charge in [0.05, 0.1) is 24.4 Å². The summed E-state index contributed by atoms with van der Waals surface area (Å²) in [5.41, 5.74) is 0.983. The van der Waals surface area contributed by atoms with E-state index in [1.54, 1.807) is 24.9 Å². The highest BCUT2D eigenvalue weighted by Gasteiger charge is 2.25. The van der Waals surface area contributed by atoms with Gasteiger partial charge in [-0.3, -0.25) is 9.59 Å². The molecule has 1 N–H and O–H groups in total. The lowest BCUT2D eigenvalue weighted by Crippen LogP contribution is -2.34. The number of aliphatic carboxylic acids is 1. The normalized spacial score (nSPS) is 12.0. The van der Waals surface area contributed by atoms with E-state index in [4.69, 9.17) is 9.84 Å². The Morgan fingerprint density at radius 3 is 2.46 bits per heavy atom. The quantitative estimate of drug-likeness (QED) is 0.783. The Morgan fingerprint density at radius 2 is 1.88 bits per heavy atom. The van der Waals surface area contributed by atoms with Crippen molar-refractivity contribution < 1.29 is 19.4 Å². The topological polar surface area (TPSA) is 84.7 Å². The van der Waals surface area contributed by atoms with Crippen molar-refractivity contribution in [3.05, 3.63) is 42.2 Å². The predicted molar refractivity (Wildman–Crippen MR) is 97.7 cm³/mol. The van der Waals surface area contributed by atoms with E-state index in [2.05, 4.69) is 5.10 Å². The summed E-state index contributed by atoms with van der Waals surface area (Å²) in [4.78, 5) is 25.2. The Labute approximate surface area is 153 Å². The molecule has 2 aromatic rings. The number of carboxylic acid groups (broad SMARTS) is 1. The first-order valence-electron chi connectivity index (χ1n) is 8.55. The monoisotopic (exact) mass is 359 g/mol. The Bertz CT molecular complexity index is 755. The number of ether oxygens (including phenoxy) is 1. The maximum atomic E-state index is 12.8. The van der Waals surface area contributed by atoms with Gasteiger partial charge in [-0.1, -0.05) is 39.0 Å². The molecule has 0 aliphatic rings. The van der Waals surface area contributed by atoms with Gasteiger partial charge in [0, 0.05) is 13.6 Å². The molecule has 1 atom stereocenters. The molecule has 0 aliphatic carbocycles. The SMILES string of the molecule is CC(C)COc1cn(-c2ccccc2)nc1C(=O)N(C)CC(C)C(=O)O. The summed E-state index contributed by atoms with van der Waals surface area (Å²) in [5.74, 6) is -1.30. The number of carbonyl (C=O) groups excluding carboxylic acids is 1. The first kappa shape index (κ1) is 19.5. The number of hydrogen-bond donors (Lipinski definition) is 1. The van der Waals surface area contributed by atoms with Gasteiger partial charge >= 0.3 is 5.97 Å². The average Bonchev–Trinajstić information content (AvgIpc) is 3.04. The molecule has 1 unspecified atom stereocenters. The van der Waals surface area contributed by atoms with Gasteiger partial charge in [0.25, 0.3) is 5.91 Å². The predicted octanol–water partition coefficient (Wildman–Crippen LogP) is 2.70. The molecular formula is C19H25N3O4. The molecule has 0 radical (unpaired) electrons. The van der Waals surface area contributed by atoms with Gasteiger partial charge < -0.3 is 14.7 Å². The molecule has 1 amide bonds. The van der Waals surface area contributed by atoms with Crippen LogP contribution in [0.4, 0.5) is 0 Å². The average molecular weight is 359 g/mol. The molecule has 0 fully saturated rings. The number of rotatable bonds is 8. The first-order chi connectivity index (χ1) is 12.3. The van der Waals surface area contributed by atoms with Gasteiger partial charge in [-0.25, -0.2) is 4.68 Å². The molecule has 0 spiro atoms. The minimum Gasteiger partial charge on any atom is -0.489 e. The fourth-order valence-corrected chi connectivity index (χ4v) is 2.33. The maximum absolute atomic E-state index is 12.8. The third-order valence-corrected chi connectivity index (χ3v) is 3.79. The van der Waals surface area contributed by atoms with Gasteiger partial charge in [-0.15, -0.1) is 0 Å². The summed E-state index contributed by atoms with van der Waals surface area (Å²) in [7, 11) is 1.57. The zero-order valence-electron chi connectivity index (χ0n) is 15.5. The molecular weight excluding hydrogens is 334 g/mol. The van der Waals surface area contributed by atoms with Crippen molar-refractivity contribution in [2.24, 2.45) is 11.8 Å². The molecule has 140 valence electrons. The molecule has 7 nitrogen and oxygen atoms in total. The van der Waals surface area contributed by atoms with Crippen LogP contribution in [0.3, 0.4) is 0 Å². The van der Waals surface area contributed by atoms with Crippen LogP contribution in [-0.4, -0.2) is 51.9 Å². The Kier molecular flexibility index (Phi) is 6.38. The van der Waals surface area contributed by atoms with Crippen LogP contribution in [0.5, 0.6) is 5.75 Å². The Balaban J connectivity index is 2.30. The van der Waals surface area contributed by atoms with Crippen molar-refractivity contribution in [1.82, 2.24) is 14.7 Å². The van der Waals surface area contributed by atoms with Gasteiger partial charge in [-0.2, -0.15) is 5.10 Å². The van der Waals surface area contributed by atoms with Gasteiger partial charge in [-0.05, 0) is 18.1 Å². The number of nitrogens with zero attached hydrogens (tertiary/aromatic N) is 3. The number of hydrogen-bond acceptors (Lipinski definition) is 4. The minimum atomic E-state index is -0.948. The number of aromatic nitrogens is 2. The van der Waals surface area contributed by atoms with E-state index < -0.39 is 11.9 Å². The van der Waals surface area contributed by atoms with E-state index >= 15 is 0 Å². The lowest BCUT2D eigenvalue weighted by Gasteiger charge is -2.19. The largest absolute Gasteiger partial charge is 0.489 e. The smallest absolute Gasteiger partial charge is 0.308 e. The van der Waals surface area contributed by atoms with Gasteiger partial charge in [0.15, 0.2) is 11.4 Å². The van der Waals surface area contributed by atoms with Crippen molar-refractivity contribution in [3.63, 3.8) is 0 Å². The molecule has 1 aromatic carbocycles. The van der Waals surface area contributed by atoms with Gasteiger partial charge in [0.1, 0.15) is 0 Å². The van der Waals surface area contributed by atoms with E-state index in [0.29, 0.717) is 18.3 Å².